The fourth-order valence-corrected chi connectivity index (χ4v) is 1.71. The highest BCUT2D eigenvalue weighted by molar-refractivity contribution is 5.87. The Hall–Kier alpha value is -2.63. The number of nitrogens with two attached hydrogens (primary N) is 1. The van der Waals surface area contributed by atoms with E-state index in [1.807, 2.05) is 0 Å². The van der Waals surface area contributed by atoms with Gasteiger partial charge in [-0.05, 0) is 37.6 Å². The van der Waals surface area contributed by atoms with E-state index in [0.29, 0.717) is 5.56 Å². The average molecular weight is 289 g/mol. The number of amides is 1. The van der Waals surface area contributed by atoms with E-state index in [0.717, 1.165) is 5.56 Å². The molecule has 0 aliphatic rings. The van der Waals surface area contributed by atoms with Crippen molar-refractivity contribution in [3.8, 4) is 16.9 Å². The minimum absolute atomic E-state index is 0.119. The van der Waals surface area contributed by atoms with Gasteiger partial charge >= 0.3 is 0 Å². The summed E-state index contributed by atoms with van der Waals surface area (Å²) in [6.07, 6.45) is 1.52. The van der Waals surface area contributed by atoms with Gasteiger partial charge in [0.15, 0.2) is 11.6 Å². The van der Waals surface area contributed by atoms with Gasteiger partial charge in [-0.3, -0.25) is 4.79 Å². The number of nitrogens with zero attached hydrogens (tertiary/aromatic N) is 1. The van der Waals surface area contributed by atoms with Crippen LogP contribution in [0.3, 0.4) is 0 Å². The molecule has 2 aromatic rings. The minimum atomic E-state index is -1.04. The molecule has 4 N–H and O–H groups in total. The van der Waals surface area contributed by atoms with Gasteiger partial charge in [0.25, 0.3) is 0 Å². The summed E-state index contributed by atoms with van der Waals surface area (Å²) in [6, 6.07) is 7.32. The number of nitrogens with one attached hydrogen (secondary N) is 1. The summed E-state index contributed by atoms with van der Waals surface area (Å²) in [7, 11) is 0. The first-order valence-electron chi connectivity index (χ1n) is 6.32. The van der Waals surface area contributed by atoms with Gasteiger partial charge in [0.05, 0.1) is 0 Å². The van der Waals surface area contributed by atoms with Crippen molar-refractivity contribution in [2.75, 3.05) is 5.32 Å². The van der Waals surface area contributed by atoms with E-state index in [4.69, 9.17) is 5.73 Å². The molecule has 5 nitrogen and oxygen atoms in total. The molecule has 0 saturated carbocycles. The third-order valence-electron chi connectivity index (χ3n) is 3.09. The molecule has 1 aromatic carbocycles. The summed E-state index contributed by atoms with van der Waals surface area (Å²) in [4.78, 5) is 15.4. The van der Waals surface area contributed by atoms with Crippen LogP contribution >= 0.6 is 0 Å². The third-order valence-corrected chi connectivity index (χ3v) is 3.09. The first-order chi connectivity index (χ1) is 9.79. The Labute approximate surface area is 121 Å². The van der Waals surface area contributed by atoms with Crippen LogP contribution in [0.15, 0.2) is 36.5 Å². The molecule has 6 heteroatoms. The number of carbonyl (C=O) groups excluding carboxylic acids is 1. The number of aromatic hydroxyl groups is 1. The molecule has 0 unspecified atom stereocenters. The lowest BCUT2D eigenvalue weighted by Gasteiger charge is -2.23. The number of pyridine rings is 1. The molecule has 1 aromatic heterocycles. The van der Waals surface area contributed by atoms with E-state index in [9.17, 15) is 14.3 Å². The zero-order valence-electron chi connectivity index (χ0n) is 11.7. The SMILES string of the molecule is CC(C)(Nc1ncc(-c2ccc(F)cc2)cc1O)C(N)=O. The van der Waals surface area contributed by atoms with Gasteiger partial charge in [0.2, 0.25) is 5.91 Å². The molecule has 1 heterocycles. The van der Waals surface area contributed by atoms with Gasteiger partial charge in [-0.1, -0.05) is 12.1 Å². The maximum atomic E-state index is 12.9. The van der Waals surface area contributed by atoms with Crippen molar-refractivity contribution < 1.29 is 14.3 Å². The number of halogens is 1. The van der Waals surface area contributed by atoms with Crippen LogP contribution in [0.25, 0.3) is 11.1 Å². The standard InChI is InChI=1S/C15H16FN3O2/c1-15(2,14(17)21)19-13-12(20)7-10(8-18-13)9-3-5-11(16)6-4-9/h3-8,20H,1-2H3,(H2,17,21)(H,18,19). The Morgan fingerprint density at radius 3 is 2.43 bits per heavy atom. The minimum Gasteiger partial charge on any atom is -0.504 e. The summed E-state index contributed by atoms with van der Waals surface area (Å²) in [6.45, 7) is 3.18. The summed E-state index contributed by atoms with van der Waals surface area (Å²) in [5, 5.41) is 12.8. The number of benzene rings is 1. The summed E-state index contributed by atoms with van der Waals surface area (Å²) < 4.78 is 12.9. The normalized spacial score (nSPS) is 11.2. The fraction of sp³-hybridized carbons (Fsp3) is 0.200. The zero-order valence-corrected chi connectivity index (χ0v) is 11.7. The van der Waals surface area contributed by atoms with Gasteiger partial charge < -0.3 is 16.2 Å². The van der Waals surface area contributed by atoms with Crippen molar-refractivity contribution in [3.63, 3.8) is 0 Å². The predicted molar refractivity (Wildman–Crippen MR) is 78.2 cm³/mol. The van der Waals surface area contributed by atoms with E-state index in [1.165, 1.54) is 24.4 Å². The summed E-state index contributed by atoms with van der Waals surface area (Å²) >= 11 is 0. The molecule has 110 valence electrons. The maximum Gasteiger partial charge on any atom is 0.242 e. The molecule has 0 fully saturated rings. The van der Waals surface area contributed by atoms with Crippen LogP contribution < -0.4 is 11.1 Å². The van der Waals surface area contributed by atoms with Crippen molar-refractivity contribution in [2.45, 2.75) is 19.4 Å². The Balaban J connectivity index is 2.29. The van der Waals surface area contributed by atoms with E-state index < -0.39 is 11.4 Å². The molecule has 0 atom stereocenters. The summed E-state index contributed by atoms with van der Waals surface area (Å²) in [5.74, 6) is -0.862. The molecular weight excluding hydrogens is 273 g/mol. The fourth-order valence-electron chi connectivity index (χ4n) is 1.71. The highest BCUT2D eigenvalue weighted by atomic mass is 19.1. The number of rotatable bonds is 4. The van der Waals surface area contributed by atoms with Gasteiger partial charge in [0, 0.05) is 11.8 Å². The Bertz CT molecular complexity index is 669. The Morgan fingerprint density at radius 1 is 1.29 bits per heavy atom. The molecule has 0 bridgehead atoms. The molecule has 2 rings (SSSR count). The van der Waals surface area contributed by atoms with Crippen LogP contribution in [-0.2, 0) is 4.79 Å². The van der Waals surface area contributed by atoms with Crippen LogP contribution in [-0.4, -0.2) is 21.5 Å². The van der Waals surface area contributed by atoms with Crippen molar-refractivity contribution >= 4 is 11.7 Å². The van der Waals surface area contributed by atoms with Crippen molar-refractivity contribution in [1.82, 2.24) is 4.98 Å². The first kappa shape index (κ1) is 14.8. The van der Waals surface area contributed by atoms with Gasteiger partial charge in [-0.2, -0.15) is 0 Å². The lowest BCUT2D eigenvalue weighted by atomic mass is 10.0. The monoisotopic (exact) mass is 289 g/mol. The maximum absolute atomic E-state index is 12.9. The molecule has 21 heavy (non-hydrogen) atoms. The van der Waals surface area contributed by atoms with Crippen molar-refractivity contribution in [3.05, 3.63) is 42.3 Å². The van der Waals surface area contributed by atoms with E-state index in [2.05, 4.69) is 10.3 Å². The topological polar surface area (TPSA) is 88.2 Å². The number of carbonyl (C=O) groups is 1. The number of aromatic nitrogens is 1. The Kier molecular flexibility index (Phi) is 3.80. The van der Waals surface area contributed by atoms with Crippen molar-refractivity contribution in [1.29, 1.82) is 0 Å². The van der Waals surface area contributed by atoms with Gasteiger partial charge in [-0.15, -0.1) is 0 Å². The molecule has 0 aliphatic carbocycles. The number of anilines is 1. The lowest BCUT2D eigenvalue weighted by molar-refractivity contribution is -0.121. The first-order valence-corrected chi connectivity index (χ1v) is 6.32. The smallest absolute Gasteiger partial charge is 0.242 e. The van der Waals surface area contributed by atoms with Crippen LogP contribution in [0.5, 0.6) is 5.75 Å². The molecule has 0 saturated heterocycles. The molecule has 1 amide bonds. The second-order valence-electron chi connectivity index (χ2n) is 5.21. The number of hydrogen-bond acceptors (Lipinski definition) is 4. The average Bonchev–Trinajstić information content (AvgIpc) is 2.41. The highest BCUT2D eigenvalue weighted by Gasteiger charge is 2.26. The quantitative estimate of drug-likeness (QED) is 0.805. The molecule has 0 spiro atoms. The van der Waals surface area contributed by atoms with Crippen molar-refractivity contribution in [2.24, 2.45) is 5.73 Å². The molecule has 0 aliphatic heterocycles. The lowest BCUT2D eigenvalue weighted by Crippen LogP contribution is -2.45. The molecular formula is C15H16FN3O2. The second kappa shape index (κ2) is 5.40. The third kappa shape index (κ3) is 3.28. The van der Waals surface area contributed by atoms with Crippen LogP contribution in [0.1, 0.15) is 13.8 Å². The van der Waals surface area contributed by atoms with E-state index in [1.54, 1.807) is 26.0 Å². The molecule has 0 radical (unpaired) electrons. The number of primary amides is 1. The zero-order chi connectivity index (χ0) is 15.6. The predicted octanol–water partition coefficient (Wildman–Crippen LogP) is 2.27. The second-order valence-corrected chi connectivity index (χ2v) is 5.21. The highest BCUT2D eigenvalue weighted by Crippen LogP contribution is 2.29. The van der Waals surface area contributed by atoms with Gasteiger partial charge in [0.1, 0.15) is 11.4 Å². The van der Waals surface area contributed by atoms with Crippen LogP contribution in [0, 0.1) is 5.82 Å². The van der Waals surface area contributed by atoms with E-state index in [-0.39, 0.29) is 17.4 Å². The Morgan fingerprint density at radius 2 is 1.90 bits per heavy atom. The largest absolute Gasteiger partial charge is 0.504 e. The van der Waals surface area contributed by atoms with Crippen LogP contribution in [0.2, 0.25) is 0 Å². The number of hydrogen-bond donors (Lipinski definition) is 3. The summed E-state index contributed by atoms with van der Waals surface area (Å²) in [5.41, 5.74) is 5.57. The van der Waals surface area contributed by atoms with E-state index >= 15 is 0 Å². The van der Waals surface area contributed by atoms with Gasteiger partial charge in [-0.25, -0.2) is 9.37 Å². The van der Waals surface area contributed by atoms with Crippen LogP contribution in [0.4, 0.5) is 10.2 Å².